The lowest BCUT2D eigenvalue weighted by Crippen LogP contribution is -2.52. The second-order valence-electron chi connectivity index (χ2n) is 6.38. The quantitative estimate of drug-likeness (QED) is 0.804. The number of nitriles is 1. The van der Waals surface area contributed by atoms with Crippen LogP contribution in [0.4, 0.5) is 5.69 Å². The molecule has 2 heterocycles. The highest BCUT2D eigenvalue weighted by Crippen LogP contribution is 2.32. The van der Waals surface area contributed by atoms with Crippen LogP contribution in [-0.4, -0.2) is 36.1 Å². The zero-order chi connectivity index (χ0) is 16.5. The van der Waals surface area contributed by atoms with E-state index in [0.29, 0.717) is 11.6 Å². The molecule has 0 radical (unpaired) electrons. The van der Waals surface area contributed by atoms with Gasteiger partial charge in [0.25, 0.3) is 0 Å². The fourth-order valence-electron chi connectivity index (χ4n) is 3.26. The van der Waals surface area contributed by atoms with Crippen molar-refractivity contribution in [1.29, 1.82) is 5.26 Å². The van der Waals surface area contributed by atoms with Crippen molar-refractivity contribution in [2.45, 2.75) is 6.04 Å². The van der Waals surface area contributed by atoms with Gasteiger partial charge in [-0.05, 0) is 53.9 Å². The van der Waals surface area contributed by atoms with Crippen molar-refractivity contribution in [3.63, 3.8) is 0 Å². The number of hydrogen-bond acceptors (Lipinski definition) is 4. The third kappa shape index (κ3) is 2.70. The number of likely N-dealkylation sites (N-methyl/N-ethyl adjacent to an activating group) is 1. The van der Waals surface area contributed by atoms with Crippen LogP contribution in [0, 0.1) is 11.3 Å². The summed E-state index contributed by atoms with van der Waals surface area (Å²) in [5.74, 6) is 0. The molecule has 4 nitrogen and oxygen atoms in total. The van der Waals surface area contributed by atoms with Gasteiger partial charge in [-0.1, -0.05) is 12.1 Å². The van der Waals surface area contributed by atoms with Crippen molar-refractivity contribution in [3.05, 3.63) is 60.4 Å². The predicted molar refractivity (Wildman–Crippen MR) is 96.8 cm³/mol. The number of nitrogens with zero attached hydrogens (tertiary/aromatic N) is 3. The van der Waals surface area contributed by atoms with Crippen LogP contribution in [0.1, 0.15) is 5.56 Å². The number of fused-ring (bicyclic) bond motifs is 1. The van der Waals surface area contributed by atoms with Gasteiger partial charge < -0.3 is 10.2 Å². The predicted octanol–water partition coefficient (Wildman–Crippen LogP) is 3.50. The van der Waals surface area contributed by atoms with Gasteiger partial charge in [0.2, 0.25) is 0 Å². The fourth-order valence-corrected chi connectivity index (χ4v) is 3.26. The molecule has 1 aliphatic rings. The van der Waals surface area contributed by atoms with E-state index in [2.05, 4.69) is 40.5 Å². The number of aromatic nitrogens is 1. The number of hydrogen-bond donors (Lipinski definition) is 1. The van der Waals surface area contributed by atoms with Crippen molar-refractivity contribution < 1.29 is 0 Å². The first-order valence-electron chi connectivity index (χ1n) is 8.06. The Bertz CT molecular complexity index is 936. The number of nitrogens with one attached hydrogen (secondary N) is 1. The molecule has 0 amide bonds. The lowest BCUT2D eigenvalue weighted by Gasteiger charge is -2.37. The monoisotopic (exact) mass is 314 g/mol. The van der Waals surface area contributed by atoms with Gasteiger partial charge in [-0.2, -0.15) is 5.26 Å². The largest absolute Gasteiger partial charge is 0.379 e. The molecule has 3 aromatic rings. The smallest absolute Gasteiger partial charge is 0.0991 e. The summed E-state index contributed by atoms with van der Waals surface area (Å²) in [6, 6.07) is 16.8. The van der Waals surface area contributed by atoms with Gasteiger partial charge in [0.1, 0.15) is 0 Å². The maximum Gasteiger partial charge on any atom is 0.0991 e. The van der Waals surface area contributed by atoms with Crippen LogP contribution in [0.3, 0.4) is 0 Å². The van der Waals surface area contributed by atoms with Crippen molar-refractivity contribution in [1.82, 2.24) is 9.88 Å². The van der Waals surface area contributed by atoms with Crippen LogP contribution in [-0.2, 0) is 0 Å². The van der Waals surface area contributed by atoms with Crippen molar-refractivity contribution >= 4 is 16.5 Å². The van der Waals surface area contributed by atoms with E-state index in [9.17, 15) is 0 Å². The van der Waals surface area contributed by atoms with Crippen LogP contribution in [0.5, 0.6) is 0 Å². The molecule has 0 spiro atoms. The van der Waals surface area contributed by atoms with E-state index in [0.717, 1.165) is 40.7 Å². The fraction of sp³-hybridized carbons (Fsp3) is 0.200. The number of anilines is 1. The molecule has 1 saturated heterocycles. The Morgan fingerprint density at radius 3 is 2.83 bits per heavy atom. The maximum atomic E-state index is 9.14. The van der Waals surface area contributed by atoms with Crippen molar-refractivity contribution in [2.75, 3.05) is 25.5 Å². The lowest BCUT2D eigenvalue weighted by atomic mass is 9.98. The Hall–Kier alpha value is -2.90. The van der Waals surface area contributed by atoms with Crippen LogP contribution >= 0.6 is 0 Å². The molecule has 4 rings (SSSR count). The molecule has 1 aliphatic heterocycles. The van der Waals surface area contributed by atoms with E-state index < -0.39 is 0 Å². The Kier molecular flexibility index (Phi) is 3.64. The molecule has 2 aromatic carbocycles. The highest BCUT2D eigenvalue weighted by atomic mass is 15.2. The van der Waals surface area contributed by atoms with Crippen LogP contribution in [0.15, 0.2) is 54.9 Å². The maximum absolute atomic E-state index is 9.14. The summed E-state index contributed by atoms with van der Waals surface area (Å²) in [4.78, 5) is 6.57. The van der Waals surface area contributed by atoms with E-state index in [1.165, 1.54) is 0 Å². The molecule has 118 valence electrons. The van der Waals surface area contributed by atoms with Gasteiger partial charge in [0.05, 0.1) is 17.7 Å². The van der Waals surface area contributed by atoms with Crippen molar-refractivity contribution in [3.8, 4) is 17.2 Å². The highest BCUT2D eigenvalue weighted by Gasteiger charge is 2.23. The average Bonchev–Trinajstić information content (AvgIpc) is 2.60. The Balaban J connectivity index is 1.80. The number of rotatable bonds is 3. The molecule has 1 N–H and O–H groups in total. The molecule has 1 fully saturated rings. The van der Waals surface area contributed by atoms with Crippen molar-refractivity contribution in [2.24, 2.45) is 0 Å². The third-order valence-electron chi connectivity index (χ3n) is 4.50. The lowest BCUT2D eigenvalue weighted by molar-refractivity contribution is 0.205. The summed E-state index contributed by atoms with van der Waals surface area (Å²) >= 11 is 0. The second kappa shape index (κ2) is 5.95. The van der Waals surface area contributed by atoms with E-state index in [1.807, 2.05) is 42.7 Å². The first-order chi connectivity index (χ1) is 11.7. The van der Waals surface area contributed by atoms with Gasteiger partial charge in [-0.15, -0.1) is 0 Å². The van der Waals surface area contributed by atoms with Gasteiger partial charge in [-0.3, -0.25) is 4.98 Å². The van der Waals surface area contributed by atoms with Gasteiger partial charge in [-0.25, -0.2) is 0 Å². The summed E-state index contributed by atoms with van der Waals surface area (Å²) in [6.07, 6.45) is 3.73. The zero-order valence-corrected chi connectivity index (χ0v) is 13.5. The first-order valence-corrected chi connectivity index (χ1v) is 8.06. The Morgan fingerprint density at radius 2 is 2.04 bits per heavy atom. The zero-order valence-electron chi connectivity index (χ0n) is 13.5. The molecule has 1 aromatic heterocycles. The standard InChI is InChI=1S/C20H18N4/c1-24-12-18(13-24)23-20-9-17(8-16-5-6-22-11-19(16)20)15-4-2-3-14(7-15)10-21/h2-9,11,18,23H,12-13H2,1H3. The topological polar surface area (TPSA) is 52.0 Å². The summed E-state index contributed by atoms with van der Waals surface area (Å²) in [5, 5.41) is 15.1. The van der Waals surface area contributed by atoms with Crippen LogP contribution in [0.25, 0.3) is 21.9 Å². The van der Waals surface area contributed by atoms with Crippen LogP contribution < -0.4 is 5.32 Å². The molecular formula is C20H18N4. The van der Waals surface area contributed by atoms with E-state index in [-0.39, 0.29) is 0 Å². The van der Waals surface area contributed by atoms with Gasteiger partial charge >= 0.3 is 0 Å². The SMILES string of the molecule is CN1CC(Nc2cc(-c3cccc(C#N)c3)cc3ccncc23)C1. The molecule has 0 aliphatic carbocycles. The second-order valence-corrected chi connectivity index (χ2v) is 6.38. The van der Waals surface area contributed by atoms with E-state index in [1.54, 1.807) is 0 Å². The van der Waals surface area contributed by atoms with E-state index in [4.69, 9.17) is 5.26 Å². The molecule has 0 bridgehead atoms. The number of likely N-dealkylation sites (tertiary alicyclic amines) is 1. The van der Waals surface area contributed by atoms with Gasteiger partial charge in [0, 0.05) is 36.6 Å². The summed E-state index contributed by atoms with van der Waals surface area (Å²) < 4.78 is 0. The first kappa shape index (κ1) is 14.7. The molecular weight excluding hydrogens is 296 g/mol. The highest BCUT2D eigenvalue weighted by molar-refractivity contribution is 5.97. The Morgan fingerprint density at radius 1 is 1.17 bits per heavy atom. The van der Waals surface area contributed by atoms with E-state index >= 15 is 0 Å². The molecule has 4 heteroatoms. The minimum absolute atomic E-state index is 0.471. The molecule has 0 atom stereocenters. The summed E-state index contributed by atoms with van der Waals surface area (Å²) in [5.41, 5.74) is 3.95. The van der Waals surface area contributed by atoms with Crippen LogP contribution in [0.2, 0.25) is 0 Å². The Labute approximate surface area is 141 Å². The normalized spacial score (nSPS) is 15.0. The molecule has 0 saturated carbocycles. The molecule has 0 unspecified atom stereocenters. The average molecular weight is 314 g/mol. The summed E-state index contributed by atoms with van der Waals surface area (Å²) in [6.45, 7) is 2.10. The third-order valence-corrected chi connectivity index (χ3v) is 4.50. The number of pyridine rings is 1. The minimum atomic E-state index is 0.471. The minimum Gasteiger partial charge on any atom is -0.379 e. The molecule has 24 heavy (non-hydrogen) atoms. The number of benzene rings is 2. The summed E-state index contributed by atoms with van der Waals surface area (Å²) in [7, 11) is 2.13. The van der Waals surface area contributed by atoms with Gasteiger partial charge in [0.15, 0.2) is 0 Å².